The Bertz CT molecular complexity index is 648. The van der Waals surface area contributed by atoms with E-state index in [-0.39, 0.29) is 0 Å². The number of aliphatic hydroxyl groups excluding tert-OH is 3. The number of carbonyl (C=O) groups is 3. The van der Waals surface area contributed by atoms with E-state index in [1.54, 1.807) is 12.3 Å². The highest BCUT2D eigenvalue weighted by Gasteiger charge is 2.45. The van der Waals surface area contributed by atoms with Crippen LogP contribution in [0, 0.1) is 0 Å². The summed E-state index contributed by atoms with van der Waals surface area (Å²) in [7, 11) is 1.06. The Morgan fingerprint density at radius 3 is 2.70 bits per heavy atom. The Morgan fingerprint density at radius 1 is 1.37 bits per heavy atom. The summed E-state index contributed by atoms with van der Waals surface area (Å²) in [6.45, 7) is -0.411. The number of nitrogens with zero attached hydrogens (tertiary/aromatic N) is 1. The van der Waals surface area contributed by atoms with Gasteiger partial charge in [0, 0.05) is 18.0 Å². The van der Waals surface area contributed by atoms with Gasteiger partial charge in [-0.05, 0) is 6.42 Å². The molecule has 11 heteroatoms. The maximum Gasteiger partial charge on any atom is 0.335 e. The molecule has 0 radical (unpaired) electrons. The molecule has 1 saturated heterocycles. The van der Waals surface area contributed by atoms with E-state index in [0.29, 0.717) is 12.0 Å². The molecule has 2 aliphatic heterocycles. The number of hydrogen-bond donors (Lipinski definition) is 4. The number of methoxy groups -OCH3 is 1. The lowest BCUT2D eigenvalue weighted by molar-refractivity contribution is -0.160. The van der Waals surface area contributed by atoms with Crippen molar-refractivity contribution in [1.29, 1.82) is 0 Å². The van der Waals surface area contributed by atoms with E-state index in [1.807, 2.05) is 0 Å². The van der Waals surface area contributed by atoms with Gasteiger partial charge in [-0.25, -0.2) is 4.79 Å². The number of esters is 2. The fourth-order valence-electron chi connectivity index (χ4n) is 2.62. The van der Waals surface area contributed by atoms with E-state index in [1.165, 1.54) is 11.1 Å². The third kappa shape index (κ3) is 5.04. The third-order valence-electron chi connectivity index (χ3n) is 4.11. The van der Waals surface area contributed by atoms with Crippen molar-refractivity contribution in [2.45, 2.75) is 43.5 Å². The molecule has 0 aliphatic carbocycles. The molecule has 0 unspecified atom stereocenters. The fraction of sp³-hybridized carbons (Fsp3) is 0.562. The van der Waals surface area contributed by atoms with Gasteiger partial charge in [0.1, 0.15) is 24.9 Å². The van der Waals surface area contributed by atoms with Crippen molar-refractivity contribution in [3.05, 3.63) is 24.0 Å². The molecule has 27 heavy (non-hydrogen) atoms. The maximum atomic E-state index is 11.6. The second-order valence-electron chi connectivity index (χ2n) is 6.03. The first-order chi connectivity index (χ1) is 12.7. The van der Waals surface area contributed by atoms with Crippen LogP contribution in [-0.2, 0) is 28.6 Å². The van der Waals surface area contributed by atoms with Gasteiger partial charge in [-0.1, -0.05) is 6.08 Å². The first-order valence-electron chi connectivity index (χ1n) is 8.12. The van der Waals surface area contributed by atoms with Gasteiger partial charge in [0.05, 0.1) is 13.5 Å². The number of carbonyl (C=O) groups excluding carboxylic acids is 3. The summed E-state index contributed by atoms with van der Waals surface area (Å²) in [4.78, 5) is 35.4. The molecule has 2 rings (SSSR count). The zero-order valence-corrected chi connectivity index (χ0v) is 14.6. The van der Waals surface area contributed by atoms with Crippen LogP contribution >= 0.6 is 0 Å². The number of aliphatic hydroxyl groups is 3. The molecule has 2 aliphatic rings. The van der Waals surface area contributed by atoms with E-state index in [4.69, 9.17) is 15.2 Å². The number of hydrogen-bond acceptors (Lipinski definition) is 10. The van der Waals surface area contributed by atoms with Crippen molar-refractivity contribution in [1.82, 2.24) is 4.90 Å². The van der Waals surface area contributed by atoms with Crippen LogP contribution in [0.5, 0.6) is 0 Å². The summed E-state index contributed by atoms with van der Waals surface area (Å²) in [6, 6.07) is 0. The van der Waals surface area contributed by atoms with Crippen molar-refractivity contribution in [2.75, 3.05) is 13.7 Å². The Morgan fingerprint density at radius 2 is 2.07 bits per heavy atom. The summed E-state index contributed by atoms with van der Waals surface area (Å²) in [5.74, 6) is -2.50. The molecule has 0 saturated carbocycles. The van der Waals surface area contributed by atoms with Crippen LogP contribution in [0.1, 0.15) is 12.8 Å². The van der Waals surface area contributed by atoms with Gasteiger partial charge in [-0.15, -0.1) is 0 Å². The SMILES string of the molecule is COC(=O)[C@@H](O)CC(=O)OC[C@H]1O[C@@H](N2C=CCC(C(N)=O)=C2)[C@H](O)[C@@H]1O. The van der Waals surface area contributed by atoms with Gasteiger partial charge in [0.25, 0.3) is 0 Å². The van der Waals surface area contributed by atoms with E-state index in [2.05, 4.69) is 4.74 Å². The zero-order chi connectivity index (χ0) is 20.1. The number of rotatable bonds is 7. The van der Waals surface area contributed by atoms with Crippen molar-refractivity contribution in [3.8, 4) is 0 Å². The molecular formula is C16H22N2O9. The predicted molar refractivity (Wildman–Crippen MR) is 87.1 cm³/mol. The highest BCUT2D eigenvalue weighted by Crippen LogP contribution is 2.27. The second-order valence-corrected chi connectivity index (χ2v) is 6.03. The molecule has 5 N–H and O–H groups in total. The van der Waals surface area contributed by atoms with Gasteiger partial charge < -0.3 is 40.2 Å². The highest BCUT2D eigenvalue weighted by molar-refractivity contribution is 5.92. The Labute approximate surface area is 154 Å². The van der Waals surface area contributed by atoms with Crippen molar-refractivity contribution >= 4 is 17.8 Å². The minimum atomic E-state index is -1.66. The summed E-state index contributed by atoms with van der Waals surface area (Å²) in [6.07, 6.45) is -2.12. The van der Waals surface area contributed by atoms with Crippen molar-refractivity contribution in [2.24, 2.45) is 5.73 Å². The van der Waals surface area contributed by atoms with Crippen LogP contribution in [0.3, 0.4) is 0 Å². The standard InChI is InChI=1S/C16H22N2O9/c1-25-16(24)9(19)5-11(20)26-7-10-12(21)13(22)15(27-10)18-4-2-3-8(6-18)14(17)23/h2,4,6,9-10,12-13,15,19,21-22H,3,5,7H2,1H3,(H2,17,23)/t9-,10+,12+,13+,15+/m0/s1. The lowest BCUT2D eigenvalue weighted by Crippen LogP contribution is -2.40. The number of nitrogens with two attached hydrogens (primary N) is 1. The summed E-state index contributed by atoms with van der Waals surface area (Å²) >= 11 is 0. The summed E-state index contributed by atoms with van der Waals surface area (Å²) < 4.78 is 14.7. The summed E-state index contributed by atoms with van der Waals surface area (Å²) in [5, 5.41) is 29.7. The van der Waals surface area contributed by atoms with Crippen molar-refractivity contribution in [3.63, 3.8) is 0 Å². The normalized spacial score (nSPS) is 28.4. The average Bonchev–Trinajstić information content (AvgIpc) is 2.94. The van der Waals surface area contributed by atoms with Crippen LogP contribution < -0.4 is 5.73 Å². The molecule has 0 aromatic heterocycles. The molecule has 150 valence electrons. The average molecular weight is 386 g/mol. The lowest BCUT2D eigenvalue weighted by Gasteiger charge is -2.28. The molecule has 2 heterocycles. The van der Waals surface area contributed by atoms with E-state index >= 15 is 0 Å². The van der Waals surface area contributed by atoms with Gasteiger partial charge in [0.15, 0.2) is 12.3 Å². The van der Waals surface area contributed by atoms with Gasteiger partial charge >= 0.3 is 11.9 Å². The van der Waals surface area contributed by atoms with Crippen LogP contribution in [0.25, 0.3) is 0 Å². The largest absolute Gasteiger partial charge is 0.467 e. The molecule has 0 aromatic carbocycles. The lowest BCUT2D eigenvalue weighted by atomic mass is 10.1. The van der Waals surface area contributed by atoms with Crippen LogP contribution in [0.4, 0.5) is 0 Å². The molecule has 0 aromatic rings. The molecular weight excluding hydrogens is 364 g/mol. The Hall–Kier alpha value is -2.47. The molecule has 0 bridgehead atoms. The third-order valence-corrected chi connectivity index (χ3v) is 4.11. The fourth-order valence-corrected chi connectivity index (χ4v) is 2.62. The molecule has 1 amide bonds. The van der Waals surface area contributed by atoms with E-state index < -0.39 is 61.5 Å². The maximum absolute atomic E-state index is 11.6. The minimum Gasteiger partial charge on any atom is -0.467 e. The quantitative estimate of drug-likeness (QED) is 0.343. The summed E-state index contributed by atoms with van der Waals surface area (Å²) in [5.41, 5.74) is 5.54. The van der Waals surface area contributed by atoms with E-state index in [9.17, 15) is 29.7 Å². The predicted octanol–water partition coefficient (Wildman–Crippen LogP) is -2.51. The van der Waals surface area contributed by atoms with Crippen LogP contribution in [0.15, 0.2) is 24.0 Å². The first-order valence-corrected chi connectivity index (χ1v) is 8.12. The number of primary amides is 1. The minimum absolute atomic E-state index is 0.300. The second kappa shape index (κ2) is 8.95. The zero-order valence-electron chi connectivity index (χ0n) is 14.6. The molecule has 11 nitrogen and oxygen atoms in total. The Balaban J connectivity index is 1.92. The van der Waals surface area contributed by atoms with Gasteiger partial charge in [-0.2, -0.15) is 0 Å². The van der Waals surface area contributed by atoms with Crippen LogP contribution in [-0.4, -0.2) is 82.4 Å². The smallest absolute Gasteiger partial charge is 0.335 e. The van der Waals surface area contributed by atoms with Crippen LogP contribution in [0.2, 0.25) is 0 Å². The Kier molecular flexibility index (Phi) is 6.91. The number of ether oxygens (including phenoxy) is 3. The van der Waals surface area contributed by atoms with Gasteiger partial charge in [0.2, 0.25) is 5.91 Å². The monoisotopic (exact) mass is 386 g/mol. The molecule has 0 spiro atoms. The number of amides is 1. The highest BCUT2D eigenvalue weighted by atomic mass is 16.6. The van der Waals surface area contributed by atoms with E-state index in [0.717, 1.165) is 7.11 Å². The molecule has 5 atom stereocenters. The first kappa shape index (κ1) is 20.8. The number of allylic oxidation sites excluding steroid dienone is 1. The molecule has 1 fully saturated rings. The van der Waals surface area contributed by atoms with Gasteiger partial charge in [-0.3, -0.25) is 9.59 Å². The van der Waals surface area contributed by atoms with Crippen molar-refractivity contribution < 1.29 is 43.9 Å². The topological polar surface area (TPSA) is 169 Å².